The molecule has 0 spiro atoms. The number of hydrogen-bond donors (Lipinski definition) is 1. The van der Waals surface area contributed by atoms with E-state index in [0.29, 0.717) is 5.69 Å². The second-order valence-electron chi connectivity index (χ2n) is 6.50. The van der Waals surface area contributed by atoms with E-state index < -0.39 is 15.9 Å². The summed E-state index contributed by atoms with van der Waals surface area (Å²) in [4.78, 5) is 14.2. The van der Waals surface area contributed by atoms with Gasteiger partial charge in [0.2, 0.25) is 10.0 Å². The molecule has 0 radical (unpaired) electrons. The van der Waals surface area contributed by atoms with Crippen LogP contribution in [0.15, 0.2) is 52.0 Å². The van der Waals surface area contributed by atoms with Gasteiger partial charge in [-0.15, -0.1) is 0 Å². The van der Waals surface area contributed by atoms with Gasteiger partial charge in [-0.25, -0.2) is 13.8 Å². The summed E-state index contributed by atoms with van der Waals surface area (Å²) in [5, 5.41) is 3.92. The lowest BCUT2D eigenvalue weighted by Crippen LogP contribution is -2.39. The monoisotopic (exact) mass is 466 g/mol. The van der Waals surface area contributed by atoms with Gasteiger partial charge in [0.05, 0.1) is 23.8 Å². The van der Waals surface area contributed by atoms with Crippen molar-refractivity contribution < 1.29 is 13.2 Å². The van der Waals surface area contributed by atoms with Gasteiger partial charge in [-0.3, -0.25) is 9.10 Å². The molecule has 2 rings (SSSR count). The van der Waals surface area contributed by atoms with Gasteiger partial charge in [0.1, 0.15) is 6.54 Å². The predicted octanol–water partition coefficient (Wildman–Crippen LogP) is 2.74. The highest BCUT2D eigenvalue weighted by atomic mass is 79.9. The average molecular weight is 467 g/mol. The van der Waals surface area contributed by atoms with Crippen LogP contribution in [0.25, 0.3) is 0 Å². The Morgan fingerprint density at radius 3 is 2.36 bits per heavy atom. The standard InChI is InChI=1S/C19H23BrN4O3S/c1-14-5-8-16(9-6-14)24(28(4,26)27)13-19(25)22-21-12-15-7-10-18(23(2)3)17(20)11-15/h5-12H,13H2,1-4H3,(H,22,25)/b21-12-. The molecule has 0 aromatic heterocycles. The largest absolute Gasteiger partial charge is 0.377 e. The first-order chi connectivity index (χ1) is 13.1. The van der Waals surface area contributed by atoms with Crippen LogP contribution in [0.5, 0.6) is 0 Å². The van der Waals surface area contributed by atoms with Crippen molar-refractivity contribution in [1.29, 1.82) is 0 Å². The lowest BCUT2D eigenvalue weighted by atomic mass is 10.2. The van der Waals surface area contributed by atoms with Gasteiger partial charge >= 0.3 is 0 Å². The van der Waals surface area contributed by atoms with Crippen molar-refractivity contribution >= 4 is 49.4 Å². The quantitative estimate of drug-likeness (QED) is 0.502. The number of hydrogen-bond acceptors (Lipinski definition) is 5. The number of carbonyl (C=O) groups is 1. The van der Waals surface area contributed by atoms with E-state index in [2.05, 4.69) is 26.5 Å². The van der Waals surface area contributed by atoms with Crippen LogP contribution in [0.1, 0.15) is 11.1 Å². The van der Waals surface area contributed by atoms with Crippen molar-refractivity contribution in [3.8, 4) is 0 Å². The molecular weight excluding hydrogens is 444 g/mol. The molecule has 0 fully saturated rings. The Morgan fingerprint density at radius 2 is 1.82 bits per heavy atom. The molecule has 0 heterocycles. The topological polar surface area (TPSA) is 82.1 Å². The number of hydrazone groups is 1. The summed E-state index contributed by atoms with van der Waals surface area (Å²) < 4.78 is 26.1. The maximum Gasteiger partial charge on any atom is 0.260 e. The number of nitrogens with one attached hydrogen (secondary N) is 1. The first kappa shape index (κ1) is 21.9. The van der Waals surface area contributed by atoms with Gasteiger partial charge in [0.15, 0.2) is 0 Å². The van der Waals surface area contributed by atoms with Crippen LogP contribution in [-0.2, 0) is 14.8 Å². The number of nitrogens with zero attached hydrogens (tertiary/aromatic N) is 3. The van der Waals surface area contributed by atoms with Crippen LogP contribution in [0.3, 0.4) is 0 Å². The van der Waals surface area contributed by atoms with E-state index in [0.717, 1.165) is 31.8 Å². The maximum atomic E-state index is 12.2. The zero-order chi connectivity index (χ0) is 20.9. The Balaban J connectivity index is 2.06. The van der Waals surface area contributed by atoms with Gasteiger partial charge in [-0.1, -0.05) is 23.8 Å². The minimum atomic E-state index is -3.61. The molecule has 9 heteroatoms. The molecule has 2 aromatic carbocycles. The van der Waals surface area contributed by atoms with Crippen molar-refractivity contribution in [2.75, 3.05) is 36.1 Å². The summed E-state index contributed by atoms with van der Waals surface area (Å²) in [5.41, 5.74) is 5.60. The molecule has 0 aliphatic carbocycles. The zero-order valence-electron chi connectivity index (χ0n) is 16.2. The summed E-state index contributed by atoms with van der Waals surface area (Å²) in [6.45, 7) is 1.54. The van der Waals surface area contributed by atoms with Crippen LogP contribution in [-0.4, -0.2) is 47.4 Å². The Morgan fingerprint density at radius 1 is 1.18 bits per heavy atom. The first-order valence-electron chi connectivity index (χ1n) is 8.41. The SMILES string of the molecule is Cc1ccc(N(CC(=O)N/N=C\c2ccc(N(C)C)c(Br)c2)S(C)(=O)=O)cc1. The molecule has 150 valence electrons. The van der Waals surface area contributed by atoms with E-state index in [9.17, 15) is 13.2 Å². The lowest BCUT2D eigenvalue weighted by Gasteiger charge is -2.21. The van der Waals surface area contributed by atoms with Crippen LogP contribution >= 0.6 is 15.9 Å². The summed E-state index contributed by atoms with van der Waals surface area (Å²) in [7, 11) is 0.268. The van der Waals surface area contributed by atoms with Gasteiger partial charge in [-0.05, 0) is 52.7 Å². The highest BCUT2D eigenvalue weighted by Gasteiger charge is 2.20. The minimum absolute atomic E-state index is 0.359. The molecule has 7 nitrogen and oxygen atoms in total. The number of amides is 1. The van der Waals surface area contributed by atoms with Gasteiger partial charge < -0.3 is 4.90 Å². The summed E-state index contributed by atoms with van der Waals surface area (Å²) in [6.07, 6.45) is 2.56. The molecule has 0 saturated heterocycles. The van der Waals surface area contributed by atoms with Crippen molar-refractivity contribution in [3.05, 3.63) is 58.1 Å². The summed E-state index contributed by atoms with van der Waals surface area (Å²) in [6, 6.07) is 12.6. The van der Waals surface area contributed by atoms with Gasteiger partial charge in [-0.2, -0.15) is 5.10 Å². The van der Waals surface area contributed by atoms with Crippen LogP contribution in [0, 0.1) is 6.92 Å². The Bertz CT molecular complexity index is 973. The third kappa shape index (κ3) is 6.07. The van der Waals surface area contributed by atoms with Crippen molar-refractivity contribution in [2.45, 2.75) is 6.92 Å². The van der Waals surface area contributed by atoms with E-state index >= 15 is 0 Å². The number of halogens is 1. The molecule has 28 heavy (non-hydrogen) atoms. The van der Waals surface area contributed by atoms with E-state index in [1.165, 1.54) is 6.21 Å². The first-order valence-corrected chi connectivity index (χ1v) is 11.0. The molecule has 1 N–H and O–H groups in total. The fourth-order valence-corrected chi connectivity index (χ4v) is 4.03. The van der Waals surface area contributed by atoms with Crippen molar-refractivity contribution in [1.82, 2.24) is 5.43 Å². The third-order valence-corrected chi connectivity index (χ3v) is 5.64. The molecule has 0 aliphatic rings. The highest BCUT2D eigenvalue weighted by molar-refractivity contribution is 9.10. The Labute approximate surface area is 174 Å². The number of benzene rings is 2. The van der Waals surface area contributed by atoms with E-state index in [1.54, 1.807) is 24.3 Å². The van der Waals surface area contributed by atoms with E-state index in [-0.39, 0.29) is 6.54 Å². The lowest BCUT2D eigenvalue weighted by molar-refractivity contribution is -0.119. The van der Waals surface area contributed by atoms with Crippen molar-refractivity contribution in [3.63, 3.8) is 0 Å². The number of anilines is 2. The summed E-state index contributed by atoms with van der Waals surface area (Å²) in [5.74, 6) is -0.536. The zero-order valence-corrected chi connectivity index (χ0v) is 18.6. The number of aryl methyl sites for hydroxylation is 1. The number of carbonyl (C=O) groups excluding carboxylic acids is 1. The average Bonchev–Trinajstić information content (AvgIpc) is 2.59. The van der Waals surface area contributed by atoms with E-state index in [1.807, 2.05) is 44.1 Å². The highest BCUT2D eigenvalue weighted by Crippen LogP contribution is 2.25. The molecule has 0 atom stereocenters. The normalized spacial score (nSPS) is 11.5. The smallest absolute Gasteiger partial charge is 0.260 e. The summed E-state index contributed by atoms with van der Waals surface area (Å²) >= 11 is 3.49. The Kier molecular flexibility index (Phi) is 7.20. The minimum Gasteiger partial charge on any atom is -0.377 e. The molecule has 2 aromatic rings. The fourth-order valence-electron chi connectivity index (χ4n) is 2.42. The van der Waals surface area contributed by atoms with Crippen molar-refractivity contribution in [2.24, 2.45) is 5.10 Å². The van der Waals surface area contributed by atoms with Crippen LogP contribution in [0.2, 0.25) is 0 Å². The third-order valence-electron chi connectivity index (χ3n) is 3.87. The van der Waals surface area contributed by atoms with Crippen LogP contribution < -0.4 is 14.6 Å². The van der Waals surface area contributed by atoms with Gasteiger partial charge in [0, 0.05) is 18.6 Å². The molecule has 0 aliphatic heterocycles. The molecule has 0 unspecified atom stereocenters. The second kappa shape index (κ2) is 9.20. The number of sulfonamides is 1. The fraction of sp³-hybridized carbons (Fsp3) is 0.263. The van der Waals surface area contributed by atoms with Gasteiger partial charge in [0.25, 0.3) is 5.91 Å². The molecule has 1 amide bonds. The van der Waals surface area contributed by atoms with Crippen LogP contribution in [0.4, 0.5) is 11.4 Å². The second-order valence-corrected chi connectivity index (χ2v) is 9.26. The Hall–Kier alpha value is -2.39. The van der Waals surface area contributed by atoms with E-state index in [4.69, 9.17) is 0 Å². The maximum absolute atomic E-state index is 12.2. The predicted molar refractivity (Wildman–Crippen MR) is 118 cm³/mol. The molecule has 0 bridgehead atoms. The molecular formula is C19H23BrN4O3S. The number of rotatable bonds is 7. The molecule has 0 saturated carbocycles.